The van der Waals surface area contributed by atoms with Gasteiger partial charge in [0.2, 0.25) is 0 Å². The second-order valence-corrected chi connectivity index (χ2v) is 9.07. The molecule has 5 nitrogen and oxygen atoms in total. The Labute approximate surface area is 197 Å². The number of hydrogen-bond acceptors (Lipinski definition) is 4. The first-order valence-corrected chi connectivity index (χ1v) is 12.0. The van der Waals surface area contributed by atoms with E-state index >= 15 is 0 Å². The highest BCUT2D eigenvalue weighted by Crippen LogP contribution is 2.31. The van der Waals surface area contributed by atoms with Crippen LogP contribution in [0.25, 0.3) is 11.4 Å². The van der Waals surface area contributed by atoms with Crippen molar-refractivity contribution < 1.29 is 4.79 Å². The zero-order valence-electron chi connectivity index (χ0n) is 20.2. The van der Waals surface area contributed by atoms with Gasteiger partial charge in [-0.1, -0.05) is 63.2 Å². The summed E-state index contributed by atoms with van der Waals surface area (Å²) in [6.07, 6.45) is 1.90. The molecule has 1 aliphatic heterocycles. The van der Waals surface area contributed by atoms with Gasteiger partial charge in [-0.3, -0.25) is 4.79 Å². The fourth-order valence-electron chi connectivity index (χ4n) is 4.60. The highest BCUT2D eigenvalue weighted by molar-refractivity contribution is 5.94. The molecule has 5 heteroatoms. The van der Waals surface area contributed by atoms with Crippen LogP contribution in [-0.2, 0) is 6.42 Å². The van der Waals surface area contributed by atoms with Crippen LogP contribution in [0.3, 0.4) is 0 Å². The molecule has 0 saturated carbocycles. The van der Waals surface area contributed by atoms with Crippen molar-refractivity contribution in [1.82, 2.24) is 14.9 Å². The fourth-order valence-corrected chi connectivity index (χ4v) is 4.60. The van der Waals surface area contributed by atoms with E-state index in [0.29, 0.717) is 12.5 Å². The summed E-state index contributed by atoms with van der Waals surface area (Å²) in [4.78, 5) is 27.4. The standard InChI is InChI=1S/C28H34N4O/c1-5-22-12-14-24(15-13-22)28(33)32-17-9-16-31(18-19-32)27-25(20(2)3)21(4)29-26(30-27)23-10-7-6-8-11-23/h6-8,10-15,20H,5,9,16-19H2,1-4H3. The normalized spacial score (nSPS) is 14.5. The van der Waals surface area contributed by atoms with E-state index in [4.69, 9.17) is 9.97 Å². The largest absolute Gasteiger partial charge is 0.354 e. The topological polar surface area (TPSA) is 49.3 Å². The number of carbonyl (C=O) groups excluding carboxylic acids is 1. The first kappa shape index (κ1) is 23.0. The van der Waals surface area contributed by atoms with Crippen LogP contribution in [0.15, 0.2) is 54.6 Å². The van der Waals surface area contributed by atoms with Gasteiger partial charge in [0.15, 0.2) is 5.82 Å². The number of carbonyl (C=O) groups is 1. The minimum absolute atomic E-state index is 0.118. The van der Waals surface area contributed by atoms with Crippen molar-refractivity contribution in [3.63, 3.8) is 0 Å². The molecule has 2 aromatic carbocycles. The lowest BCUT2D eigenvalue weighted by molar-refractivity contribution is 0.0767. The zero-order chi connectivity index (χ0) is 23.4. The third kappa shape index (κ3) is 5.08. The Morgan fingerprint density at radius 2 is 1.67 bits per heavy atom. The highest BCUT2D eigenvalue weighted by Gasteiger charge is 2.25. The molecule has 33 heavy (non-hydrogen) atoms. The van der Waals surface area contributed by atoms with Gasteiger partial charge in [-0.15, -0.1) is 0 Å². The summed E-state index contributed by atoms with van der Waals surface area (Å²) in [6, 6.07) is 18.2. The van der Waals surface area contributed by atoms with Crippen LogP contribution in [0, 0.1) is 6.92 Å². The predicted molar refractivity (Wildman–Crippen MR) is 135 cm³/mol. The van der Waals surface area contributed by atoms with E-state index in [-0.39, 0.29) is 5.91 Å². The number of rotatable bonds is 5. The average molecular weight is 443 g/mol. The van der Waals surface area contributed by atoms with Crippen molar-refractivity contribution in [2.75, 3.05) is 31.1 Å². The third-order valence-electron chi connectivity index (χ3n) is 6.42. The Morgan fingerprint density at radius 3 is 2.33 bits per heavy atom. The fraction of sp³-hybridized carbons (Fsp3) is 0.393. The Hall–Kier alpha value is -3.21. The van der Waals surface area contributed by atoms with Gasteiger partial charge >= 0.3 is 0 Å². The quantitative estimate of drug-likeness (QED) is 0.524. The number of hydrogen-bond donors (Lipinski definition) is 0. The Bertz CT molecular complexity index is 1090. The number of anilines is 1. The summed E-state index contributed by atoms with van der Waals surface area (Å²) in [5.74, 6) is 2.22. The lowest BCUT2D eigenvalue weighted by Gasteiger charge is -2.27. The Kier molecular flexibility index (Phi) is 7.07. The molecule has 172 valence electrons. The second kappa shape index (κ2) is 10.2. The molecule has 1 fully saturated rings. The van der Waals surface area contributed by atoms with Gasteiger partial charge in [-0.05, 0) is 43.4 Å². The zero-order valence-corrected chi connectivity index (χ0v) is 20.2. The van der Waals surface area contributed by atoms with E-state index in [1.807, 2.05) is 35.2 Å². The van der Waals surface area contributed by atoms with Crippen LogP contribution >= 0.6 is 0 Å². The molecular weight excluding hydrogens is 408 g/mol. The second-order valence-electron chi connectivity index (χ2n) is 9.07. The van der Waals surface area contributed by atoms with Crippen LogP contribution < -0.4 is 4.90 Å². The van der Waals surface area contributed by atoms with Gasteiger partial charge in [0.05, 0.1) is 0 Å². The minimum atomic E-state index is 0.118. The van der Waals surface area contributed by atoms with Crippen LogP contribution in [0.4, 0.5) is 5.82 Å². The van der Waals surface area contributed by atoms with Gasteiger partial charge in [0, 0.05) is 48.6 Å². The SMILES string of the molecule is CCc1ccc(C(=O)N2CCCN(c3nc(-c4ccccc4)nc(C)c3C(C)C)CC2)cc1. The van der Waals surface area contributed by atoms with Crippen molar-refractivity contribution in [3.8, 4) is 11.4 Å². The van der Waals surface area contributed by atoms with Crippen molar-refractivity contribution in [3.05, 3.63) is 77.0 Å². The molecule has 1 amide bonds. The number of aryl methyl sites for hydroxylation is 2. The van der Waals surface area contributed by atoms with Crippen LogP contribution in [0.2, 0.25) is 0 Å². The molecule has 4 rings (SSSR count). The smallest absolute Gasteiger partial charge is 0.253 e. The van der Waals surface area contributed by atoms with Crippen molar-refractivity contribution in [2.45, 2.75) is 46.5 Å². The summed E-state index contributed by atoms with van der Waals surface area (Å²) in [7, 11) is 0. The van der Waals surface area contributed by atoms with E-state index in [0.717, 1.165) is 60.9 Å². The van der Waals surface area contributed by atoms with Gasteiger partial charge in [-0.2, -0.15) is 0 Å². The minimum Gasteiger partial charge on any atom is -0.354 e. The molecule has 2 heterocycles. The van der Waals surface area contributed by atoms with E-state index in [1.165, 1.54) is 11.1 Å². The first-order valence-electron chi connectivity index (χ1n) is 12.0. The monoisotopic (exact) mass is 442 g/mol. The van der Waals surface area contributed by atoms with Gasteiger partial charge in [0.1, 0.15) is 5.82 Å². The maximum atomic E-state index is 13.1. The van der Waals surface area contributed by atoms with Crippen LogP contribution in [0.5, 0.6) is 0 Å². The van der Waals surface area contributed by atoms with Crippen LogP contribution in [0.1, 0.15) is 60.3 Å². The summed E-state index contributed by atoms with van der Waals surface area (Å²) < 4.78 is 0. The third-order valence-corrected chi connectivity index (χ3v) is 6.42. The van der Waals surface area contributed by atoms with Crippen molar-refractivity contribution in [2.24, 2.45) is 0 Å². The number of benzene rings is 2. The van der Waals surface area contributed by atoms with Gasteiger partial charge in [-0.25, -0.2) is 9.97 Å². The molecule has 0 radical (unpaired) electrons. The van der Waals surface area contributed by atoms with Gasteiger partial charge in [0.25, 0.3) is 5.91 Å². The molecule has 1 saturated heterocycles. The summed E-state index contributed by atoms with van der Waals surface area (Å²) >= 11 is 0. The summed E-state index contributed by atoms with van der Waals surface area (Å²) in [5.41, 5.74) is 5.28. The highest BCUT2D eigenvalue weighted by atomic mass is 16.2. The molecule has 0 unspecified atom stereocenters. The number of aromatic nitrogens is 2. The predicted octanol–water partition coefficient (Wildman–Crippen LogP) is 5.49. The molecule has 0 atom stereocenters. The lowest BCUT2D eigenvalue weighted by Crippen LogP contribution is -2.35. The average Bonchev–Trinajstić information content (AvgIpc) is 3.10. The molecule has 0 N–H and O–H groups in total. The molecule has 0 spiro atoms. The van der Waals surface area contributed by atoms with E-state index in [1.54, 1.807) is 0 Å². The number of amides is 1. The van der Waals surface area contributed by atoms with E-state index in [9.17, 15) is 4.79 Å². The lowest BCUT2D eigenvalue weighted by atomic mass is 10.0. The number of nitrogens with zero attached hydrogens (tertiary/aromatic N) is 4. The molecule has 0 bridgehead atoms. The van der Waals surface area contributed by atoms with Crippen molar-refractivity contribution in [1.29, 1.82) is 0 Å². The molecule has 3 aromatic rings. The van der Waals surface area contributed by atoms with Crippen LogP contribution in [-0.4, -0.2) is 47.0 Å². The Morgan fingerprint density at radius 1 is 0.939 bits per heavy atom. The molecular formula is C28H34N4O. The van der Waals surface area contributed by atoms with E-state index in [2.05, 4.69) is 56.9 Å². The maximum Gasteiger partial charge on any atom is 0.253 e. The van der Waals surface area contributed by atoms with Crippen molar-refractivity contribution >= 4 is 11.7 Å². The molecule has 1 aliphatic rings. The summed E-state index contributed by atoms with van der Waals surface area (Å²) in [6.45, 7) is 11.7. The van der Waals surface area contributed by atoms with Gasteiger partial charge < -0.3 is 9.80 Å². The molecule has 1 aromatic heterocycles. The Balaban J connectivity index is 1.59. The molecule has 0 aliphatic carbocycles. The van der Waals surface area contributed by atoms with E-state index < -0.39 is 0 Å². The maximum absolute atomic E-state index is 13.1. The first-order chi connectivity index (χ1) is 16.0. The summed E-state index contributed by atoms with van der Waals surface area (Å²) in [5, 5.41) is 0.